The van der Waals surface area contributed by atoms with Gasteiger partial charge in [0.2, 0.25) is 0 Å². The third-order valence-corrected chi connectivity index (χ3v) is 6.77. The number of nitrogens with zero attached hydrogens (tertiary/aromatic N) is 3. The molecule has 4 rings (SSSR count). The van der Waals surface area contributed by atoms with Gasteiger partial charge in [-0.2, -0.15) is 13.2 Å². The number of rotatable bonds is 6. The molecule has 0 aromatic carbocycles. The normalized spacial score (nSPS) is 20.4. The van der Waals surface area contributed by atoms with E-state index in [1.165, 1.54) is 4.57 Å². The third kappa shape index (κ3) is 4.42. The van der Waals surface area contributed by atoms with Gasteiger partial charge in [-0.3, -0.25) is 9.59 Å². The Morgan fingerprint density at radius 1 is 1.39 bits per heavy atom. The van der Waals surface area contributed by atoms with Crippen molar-refractivity contribution in [2.24, 2.45) is 7.05 Å². The maximum atomic E-state index is 12.8. The first-order chi connectivity index (χ1) is 14.6. The van der Waals surface area contributed by atoms with Crippen molar-refractivity contribution in [1.29, 1.82) is 0 Å². The molecule has 3 heterocycles. The highest BCUT2D eigenvalue weighted by Gasteiger charge is 2.49. The summed E-state index contributed by atoms with van der Waals surface area (Å²) in [6.07, 6.45) is -0.310. The Morgan fingerprint density at radius 2 is 2.13 bits per heavy atom. The first-order valence-corrected chi connectivity index (χ1v) is 10.6. The summed E-state index contributed by atoms with van der Waals surface area (Å²) >= 11 is 1.07. The number of carbonyl (C=O) groups is 1. The lowest BCUT2D eigenvalue weighted by Gasteiger charge is -2.23. The van der Waals surface area contributed by atoms with Crippen molar-refractivity contribution < 1.29 is 22.7 Å². The summed E-state index contributed by atoms with van der Waals surface area (Å²) in [5.74, 6) is 0.245. The number of nitrogens with two attached hydrogens (primary N) is 1. The standard InChI is InChI=1S/C20H21F3N4O3S/c1-27-9-14(31-18(27)29)13-8-11(2-7-30-13)17-25-15(12(10-28)16(24)26-17)19(3-4-19)5-6-20(21,22)23/h8-10,13H,2-7H2,1H3,(H2,24,25,26). The highest BCUT2D eigenvalue weighted by molar-refractivity contribution is 7.09. The van der Waals surface area contributed by atoms with Gasteiger partial charge in [-0.05, 0) is 37.3 Å². The number of hydrogen-bond acceptors (Lipinski definition) is 7. The van der Waals surface area contributed by atoms with E-state index in [1.807, 2.05) is 0 Å². The number of hydrogen-bond donors (Lipinski definition) is 1. The molecule has 0 amide bonds. The van der Waals surface area contributed by atoms with Crippen LogP contribution in [0.4, 0.5) is 19.0 Å². The van der Waals surface area contributed by atoms with Gasteiger partial charge in [-0.1, -0.05) is 11.3 Å². The number of alkyl halides is 3. The van der Waals surface area contributed by atoms with Gasteiger partial charge in [0.05, 0.1) is 22.7 Å². The molecule has 11 heteroatoms. The van der Waals surface area contributed by atoms with Crippen LogP contribution in [0.25, 0.3) is 5.57 Å². The second-order valence-corrected chi connectivity index (χ2v) is 8.98. The summed E-state index contributed by atoms with van der Waals surface area (Å²) in [7, 11) is 1.65. The number of aromatic nitrogens is 3. The fourth-order valence-electron chi connectivity index (χ4n) is 3.82. The Labute approximate surface area is 179 Å². The quantitative estimate of drug-likeness (QED) is 0.670. The van der Waals surface area contributed by atoms with Crippen LogP contribution in [0.15, 0.2) is 17.1 Å². The van der Waals surface area contributed by atoms with Gasteiger partial charge in [0.1, 0.15) is 11.9 Å². The number of halogens is 3. The molecular formula is C20H21F3N4O3S. The van der Waals surface area contributed by atoms with Crippen LogP contribution in [0.5, 0.6) is 0 Å². The Morgan fingerprint density at radius 3 is 2.71 bits per heavy atom. The molecule has 2 aliphatic rings. The second kappa shape index (κ2) is 7.86. The number of anilines is 1. The minimum absolute atomic E-state index is 0.0402. The van der Waals surface area contributed by atoms with Gasteiger partial charge in [-0.25, -0.2) is 9.97 Å². The van der Waals surface area contributed by atoms with E-state index in [2.05, 4.69) is 9.97 Å². The Hall–Kier alpha value is -2.53. The highest BCUT2D eigenvalue weighted by atomic mass is 32.1. The summed E-state index contributed by atoms with van der Waals surface area (Å²) in [6, 6.07) is 0. The van der Waals surface area contributed by atoms with Gasteiger partial charge < -0.3 is 15.0 Å². The molecule has 31 heavy (non-hydrogen) atoms. The SMILES string of the molecule is Cn1cc(C2C=C(c3nc(N)c(C=O)c(C4(CCC(F)(F)F)CC4)n3)CCO2)sc1=O. The molecule has 2 aromatic heterocycles. The fraction of sp³-hybridized carbons (Fsp3) is 0.500. The molecule has 1 aliphatic heterocycles. The Bertz CT molecular complexity index is 1100. The largest absolute Gasteiger partial charge is 0.389 e. The molecule has 1 saturated carbocycles. The zero-order valence-corrected chi connectivity index (χ0v) is 17.6. The predicted octanol–water partition coefficient (Wildman–Crippen LogP) is 3.55. The van der Waals surface area contributed by atoms with Crippen LogP contribution in [0.3, 0.4) is 0 Å². The van der Waals surface area contributed by atoms with Crippen molar-refractivity contribution >= 4 is 29.0 Å². The van der Waals surface area contributed by atoms with Gasteiger partial charge in [0.15, 0.2) is 12.1 Å². The van der Waals surface area contributed by atoms with Crippen LogP contribution in [-0.2, 0) is 17.2 Å². The monoisotopic (exact) mass is 454 g/mol. The van der Waals surface area contributed by atoms with Gasteiger partial charge in [0.25, 0.3) is 0 Å². The van der Waals surface area contributed by atoms with Crippen LogP contribution in [-0.4, -0.2) is 33.6 Å². The smallest absolute Gasteiger partial charge is 0.383 e. The van der Waals surface area contributed by atoms with E-state index in [0.29, 0.717) is 37.8 Å². The molecule has 1 aliphatic carbocycles. The topological polar surface area (TPSA) is 100 Å². The second-order valence-electron chi connectivity index (χ2n) is 7.95. The van der Waals surface area contributed by atoms with Crippen molar-refractivity contribution in [2.45, 2.75) is 49.8 Å². The zero-order chi connectivity index (χ0) is 22.4. The van der Waals surface area contributed by atoms with Crippen molar-refractivity contribution in [3.05, 3.63) is 43.9 Å². The Kier molecular flexibility index (Phi) is 5.50. The average Bonchev–Trinajstić information content (AvgIpc) is 3.44. The molecule has 7 nitrogen and oxygen atoms in total. The van der Waals surface area contributed by atoms with Gasteiger partial charge in [0, 0.05) is 25.1 Å². The van der Waals surface area contributed by atoms with E-state index < -0.39 is 24.1 Å². The minimum atomic E-state index is -4.29. The van der Waals surface area contributed by atoms with Crippen molar-refractivity contribution in [3.8, 4) is 0 Å². The summed E-state index contributed by atoms with van der Waals surface area (Å²) in [6.45, 7) is 0.361. The lowest BCUT2D eigenvalue weighted by atomic mass is 9.92. The van der Waals surface area contributed by atoms with E-state index in [9.17, 15) is 22.8 Å². The minimum Gasteiger partial charge on any atom is -0.383 e. The molecular weight excluding hydrogens is 433 g/mol. The predicted molar refractivity (Wildman–Crippen MR) is 109 cm³/mol. The van der Waals surface area contributed by atoms with Gasteiger partial charge in [-0.15, -0.1) is 0 Å². The highest BCUT2D eigenvalue weighted by Crippen LogP contribution is 2.53. The van der Waals surface area contributed by atoms with Crippen molar-refractivity contribution in [3.63, 3.8) is 0 Å². The number of nitrogen functional groups attached to an aromatic ring is 1. The molecule has 1 unspecified atom stereocenters. The molecule has 2 aromatic rings. The Balaban J connectivity index is 1.71. The molecule has 0 saturated heterocycles. The summed E-state index contributed by atoms with van der Waals surface area (Å²) in [4.78, 5) is 32.8. The molecule has 2 N–H and O–H groups in total. The van der Waals surface area contributed by atoms with E-state index in [-0.39, 0.29) is 28.5 Å². The van der Waals surface area contributed by atoms with E-state index in [4.69, 9.17) is 10.5 Å². The van der Waals surface area contributed by atoms with Crippen LogP contribution in [0.1, 0.15) is 65.0 Å². The molecule has 1 fully saturated rings. The number of thiazole rings is 1. The van der Waals surface area contributed by atoms with Crippen molar-refractivity contribution in [2.75, 3.05) is 12.3 Å². The first kappa shape index (κ1) is 21.7. The lowest BCUT2D eigenvalue weighted by molar-refractivity contribution is -0.136. The number of ether oxygens (including phenoxy) is 1. The molecule has 166 valence electrons. The van der Waals surface area contributed by atoms with Crippen LogP contribution < -0.4 is 10.6 Å². The van der Waals surface area contributed by atoms with Crippen molar-refractivity contribution in [1.82, 2.24) is 14.5 Å². The molecule has 1 atom stereocenters. The number of carbonyl (C=O) groups excluding carboxylic acids is 1. The number of aldehydes is 1. The molecule has 0 spiro atoms. The maximum Gasteiger partial charge on any atom is 0.389 e. The zero-order valence-electron chi connectivity index (χ0n) is 16.7. The third-order valence-electron chi connectivity index (χ3n) is 5.74. The van der Waals surface area contributed by atoms with E-state index >= 15 is 0 Å². The first-order valence-electron chi connectivity index (χ1n) is 9.81. The fourth-order valence-corrected chi connectivity index (χ4v) is 4.68. The van der Waals surface area contributed by atoms with Crippen LogP contribution >= 0.6 is 11.3 Å². The maximum absolute atomic E-state index is 12.8. The summed E-state index contributed by atoms with van der Waals surface area (Å²) in [5, 5.41) is 0. The van der Waals surface area contributed by atoms with E-state index in [1.54, 1.807) is 19.3 Å². The average molecular weight is 454 g/mol. The molecule has 0 radical (unpaired) electrons. The van der Waals surface area contributed by atoms with Crippen LogP contribution in [0, 0.1) is 0 Å². The van der Waals surface area contributed by atoms with Crippen LogP contribution in [0.2, 0.25) is 0 Å². The molecule has 0 bridgehead atoms. The number of aryl methyl sites for hydroxylation is 1. The van der Waals surface area contributed by atoms with E-state index in [0.717, 1.165) is 21.8 Å². The van der Waals surface area contributed by atoms with Gasteiger partial charge >= 0.3 is 11.0 Å². The summed E-state index contributed by atoms with van der Waals surface area (Å²) in [5.41, 5.74) is 6.28. The lowest BCUT2D eigenvalue weighted by Crippen LogP contribution is -2.20. The summed E-state index contributed by atoms with van der Waals surface area (Å²) < 4.78 is 45.7.